The molecule has 0 aromatic carbocycles. The van der Waals surface area contributed by atoms with Gasteiger partial charge in [0.25, 0.3) is 5.91 Å². The van der Waals surface area contributed by atoms with Gasteiger partial charge in [0.2, 0.25) is 0 Å². The molecule has 0 bridgehead atoms. The summed E-state index contributed by atoms with van der Waals surface area (Å²) < 4.78 is 21.2. The van der Waals surface area contributed by atoms with Gasteiger partial charge in [0.1, 0.15) is 18.3 Å². The predicted octanol–water partition coefficient (Wildman–Crippen LogP) is 2.41. The molecular weight excluding hydrogens is 481 g/mol. The van der Waals surface area contributed by atoms with E-state index in [2.05, 4.69) is 32.1 Å². The maximum Gasteiger partial charge on any atom is 0.407 e. The zero-order valence-corrected chi connectivity index (χ0v) is 20.7. The highest BCUT2D eigenvalue weighted by molar-refractivity contribution is 6.00. The van der Waals surface area contributed by atoms with E-state index in [0.717, 1.165) is 0 Å². The fraction of sp³-hybridized carbons (Fsp3) is 0.400. The van der Waals surface area contributed by atoms with Crippen molar-refractivity contribution in [2.45, 2.75) is 51.1 Å². The number of halogens is 1. The lowest BCUT2D eigenvalue weighted by molar-refractivity contribution is -0.00178. The molecule has 2 amide bonds. The molecule has 3 aromatic heterocycles. The van der Waals surface area contributed by atoms with Gasteiger partial charge in [-0.1, -0.05) is 0 Å². The number of nitrogens with zero attached hydrogens (tertiary/aromatic N) is 4. The molecular formula is C25H28FN7O4. The van der Waals surface area contributed by atoms with Gasteiger partial charge in [-0.25, -0.2) is 13.7 Å². The van der Waals surface area contributed by atoms with E-state index in [1.165, 1.54) is 26.2 Å². The van der Waals surface area contributed by atoms with E-state index in [0.29, 0.717) is 41.1 Å². The Morgan fingerprint density at radius 2 is 2.11 bits per heavy atom. The summed E-state index contributed by atoms with van der Waals surface area (Å²) in [6.45, 7) is 4.49. The number of anilines is 1. The fourth-order valence-corrected chi connectivity index (χ4v) is 3.65. The standard InChI is InChI=1S/C25H28FN7O4/c1-4-28-24(35)37-21-9-19(21)32-17-8-18(20-6-5-15-7-14(10-27)11-31-33(15)20)29-12-16(17)23(34)30-13-22(26)25(2,3)36/h5-8,11-12,19,21-22,36H,4,9,13H2,1-3H3,(H,28,35)(H,29,32)(H,30,34)/t19-,21-,22?/m1/s1. The summed E-state index contributed by atoms with van der Waals surface area (Å²) in [5.74, 6) is -0.577. The number of alkyl carbamates (subject to hydrolysis) is 1. The quantitative estimate of drug-likeness (QED) is 0.343. The first-order valence-electron chi connectivity index (χ1n) is 11.8. The third kappa shape index (κ3) is 5.95. The monoisotopic (exact) mass is 509 g/mol. The number of fused-ring (bicyclic) bond motifs is 1. The second kappa shape index (κ2) is 10.4. The van der Waals surface area contributed by atoms with Crippen LogP contribution in [0.2, 0.25) is 0 Å². The Morgan fingerprint density at radius 1 is 1.32 bits per heavy atom. The fourth-order valence-electron chi connectivity index (χ4n) is 3.65. The Kier molecular flexibility index (Phi) is 7.26. The lowest BCUT2D eigenvalue weighted by Gasteiger charge is -2.22. The molecule has 1 aliphatic rings. The number of aromatic nitrogens is 3. The van der Waals surface area contributed by atoms with Crippen molar-refractivity contribution in [1.29, 1.82) is 5.26 Å². The number of hydrogen-bond donors (Lipinski definition) is 4. The largest absolute Gasteiger partial charge is 0.444 e. The number of amides is 2. The number of ether oxygens (including phenoxy) is 1. The van der Waals surface area contributed by atoms with Gasteiger partial charge >= 0.3 is 6.09 Å². The van der Waals surface area contributed by atoms with Crippen LogP contribution in [-0.2, 0) is 4.74 Å². The van der Waals surface area contributed by atoms with Crippen LogP contribution in [0.1, 0.15) is 43.1 Å². The van der Waals surface area contributed by atoms with Gasteiger partial charge in [0, 0.05) is 19.2 Å². The maximum absolute atomic E-state index is 14.2. The molecule has 11 nitrogen and oxygen atoms in total. The van der Waals surface area contributed by atoms with Gasteiger partial charge in [-0.05, 0) is 45.0 Å². The molecule has 3 aromatic rings. The third-order valence-corrected chi connectivity index (χ3v) is 5.90. The van der Waals surface area contributed by atoms with Crippen molar-refractivity contribution in [3.8, 4) is 17.5 Å². The number of aliphatic hydroxyl groups is 1. The molecule has 1 fully saturated rings. The minimum Gasteiger partial charge on any atom is -0.444 e. The summed E-state index contributed by atoms with van der Waals surface area (Å²) in [7, 11) is 0. The number of rotatable bonds is 9. The predicted molar refractivity (Wildman–Crippen MR) is 133 cm³/mol. The average molecular weight is 510 g/mol. The van der Waals surface area contributed by atoms with Crippen LogP contribution in [0, 0.1) is 11.3 Å². The molecule has 0 saturated heterocycles. The van der Waals surface area contributed by atoms with Gasteiger partial charge in [-0.15, -0.1) is 0 Å². The van der Waals surface area contributed by atoms with Gasteiger partial charge in [0.15, 0.2) is 0 Å². The van der Waals surface area contributed by atoms with Crippen molar-refractivity contribution in [2.24, 2.45) is 0 Å². The van der Waals surface area contributed by atoms with Gasteiger partial charge in [-0.3, -0.25) is 9.78 Å². The summed E-state index contributed by atoms with van der Waals surface area (Å²) in [5.41, 5.74) is 1.22. The number of pyridine rings is 1. The van der Waals surface area contributed by atoms with Crippen molar-refractivity contribution in [3.05, 3.63) is 47.8 Å². The van der Waals surface area contributed by atoms with Crippen molar-refractivity contribution in [1.82, 2.24) is 25.2 Å². The SMILES string of the molecule is CCNC(=O)O[C@@H]1C[C@H]1Nc1cc(-c2ccc3cc(C#N)cnn23)ncc1C(=O)NCC(F)C(C)(C)O. The summed E-state index contributed by atoms with van der Waals surface area (Å²) >= 11 is 0. The van der Waals surface area contributed by atoms with Crippen LogP contribution in [0.5, 0.6) is 0 Å². The first-order valence-corrected chi connectivity index (χ1v) is 11.8. The molecule has 3 atom stereocenters. The molecule has 37 heavy (non-hydrogen) atoms. The second-order valence-electron chi connectivity index (χ2n) is 9.32. The van der Waals surface area contributed by atoms with Crippen LogP contribution in [0.3, 0.4) is 0 Å². The highest BCUT2D eigenvalue weighted by Gasteiger charge is 2.41. The first-order chi connectivity index (χ1) is 17.6. The maximum atomic E-state index is 14.2. The van der Waals surface area contributed by atoms with Gasteiger partial charge in [-0.2, -0.15) is 10.4 Å². The number of nitriles is 1. The van der Waals surface area contributed by atoms with Crippen LogP contribution < -0.4 is 16.0 Å². The molecule has 1 unspecified atom stereocenters. The zero-order valence-electron chi connectivity index (χ0n) is 20.7. The molecule has 4 N–H and O–H groups in total. The van der Waals surface area contributed by atoms with Crippen molar-refractivity contribution in [3.63, 3.8) is 0 Å². The van der Waals surface area contributed by atoms with Crippen LogP contribution in [-0.4, -0.2) is 68.7 Å². The second-order valence-corrected chi connectivity index (χ2v) is 9.32. The number of alkyl halides is 1. The summed E-state index contributed by atoms with van der Waals surface area (Å²) in [6, 6.07) is 8.78. The summed E-state index contributed by atoms with van der Waals surface area (Å²) in [6.07, 6.45) is 0.803. The van der Waals surface area contributed by atoms with E-state index in [1.54, 1.807) is 35.7 Å². The van der Waals surface area contributed by atoms with Crippen molar-refractivity contribution >= 4 is 23.2 Å². The average Bonchev–Trinajstić information content (AvgIpc) is 3.43. The Balaban J connectivity index is 1.61. The molecule has 4 rings (SSSR count). The molecule has 0 aliphatic heterocycles. The number of carbonyl (C=O) groups is 2. The van der Waals surface area contributed by atoms with Crippen LogP contribution in [0.25, 0.3) is 16.9 Å². The number of hydrogen-bond acceptors (Lipinski definition) is 8. The molecule has 0 spiro atoms. The van der Waals surface area contributed by atoms with Crippen LogP contribution in [0.4, 0.5) is 14.9 Å². The normalized spacial score (nSPS) is 17.5. The molecule has 0 radical (unpaired) electrons. The van der Waals surface area contributed by atoms with Crippen LogP contribution in [0.15, 0.2) is 36.7 Å². The molecule has 1 aliphatic carbocycles. The Labute approximate surface area is 212 Å². The highest BCUT2D eigenvalue weighted by atomic mass is 19.1. The van der Waals surface area contributed by atoms with E-state index in [4.69, 9.17) is 10.00 Å². The van der Waals surface area contributed by atoms with E-state index in [1.807, 2.05) is 0 Å². The number of nitrogens with one attached hydrogen (secondary N) is 3. The molecule has 194 valence electrons. The van der Waals surface area contributed by atoms with Crippen LogP contribution >= 0.6 is 0 Å². The minimum atomic E-state index is -1.67. The smallest absolute Gasteiger partial charge is 0.407 e. The Bertz CT molecular complexity index is 1360. The van der Waals surface area contributed by atoms with E-state index >= 15 is 0 Å². The van der Waals surface area contributed by atoms with E-state index in [9.17, 15) is 19.1 Å². The Morgan fingerprint density at radius 3 is 2.81 bits per heavy atom. The first kappa shape index (κ1) is 25.8. The Hall–Kier alpha value is -4.24. The molecule has 12 heteroatoms. The molecule has 1 saturated carbocycles. The van der Waals surface area contributed by atoms with Gasteiger partial charge < -0.3 is 25.8 Å². The summed E-state index contributed by atoms with van der Waals surface area (Å²) in [4.78, 5) is 29.1. The number of carbonyl (C=O) groups excluding carboxylic acids is 2. The van der Waals surface area contributed by atoms with Crippen molar-refractivity contribution in [2.75, 3.05) is 18.4 Å². The highest BCUT2D eigenvalue weighted by Crippen LogP contribution is 2.32. The van der Waals surface area contributed by atoms with Crippen molar-refractivity contribution < 1.29 is 23.8 Å². The lowest BCUT2D eigenvalue weighted by Crippen LogP contribution is -2.42. The minimum absolute atomic E-state index is 0.163. The van der Waals surface area contributed by atoms with E-state index in [-0.39, 0.29) is 24.3 Å². The van der Waals surface area contributed by atoms with E-state index < -0.39 is 23.8 Å². The van der Waals surface area contributed by atoms with Gasteiger partial charge in [0.05, 0.1) is 58.1 Å². The zero-order chi connectivity index (χ0) is 26.7. The lowest BCUT2D eigenvalue weighted by atomic mass is 10.0. The molecule has 3 heterocycles. The third-order valence-electron chi connectivity index (χ3n) is 5.90. The topological polar surface area (TPSA) is 154 Å². The summed E-state index contributed by atoms with van der Waals surface area (Å²) in [5, 5.41) is 31.6.